The maximum atomic E-state index is 11.8. The van der Waals surface area contributed by atoms with Crippen molar-refractivity contribution >= 4 is 17.3 Å². The van der Waals surface area contributed by atoms with Crippen LogP contribution in [0.4, 0.5) is 11.4 Å². The Balaban J connectivity index is 1.80. The van der Waals surface area contributed by atoms with E-state index in [4.69, 9.17) is 0 Å². The highest BCUT2D eigenvalue weighted by molar-refractivity contribution is 5.81. The van der Waals surface area contributed by atoms with Gasteiger partial charge in [0.15, 0.2) is 0 Å². The molecular formula is C15H23N3O. The molecule has 4 heteroatoms. The van der Waals surface area contributed by atoms with E-state index >= 15 is 0 Å². The lowest BCUT2D eigenvalue weighted by atomic mass is 10.2. The van der Waals surface area contributed by atoms with Crippen LogP contribution < -0.4 is 15.5 Å². The Kier molecular flexibility index (Phi) is 4.66. The summed E-state index contributed by atoms with van der Waals surface area (Å²) < 4.78 is 0. The smallest absolute Gasteiger partial charge is 0.239 e. The largest absolute Gasteiger partial charge is 0.378 e. The zero-order valence-electron chi connectivity index (χ0n) is 11.8. The topological polar surface area (TPSA) is 44.4 Å². The quantitative estimate of drug-likeness (QED) is 0.854. The lowest BCUT2D eigenvalue weighted by molar-refractivity contribution is -0.120. The fraction of sp³-hybridized carbons (Fsp3) is 0.533. The molecule has 1 aliphatic rings. The van der Waals surface area contributed by atoms with Crippen LogP contribution in [0.5, 0.6) is 0 Å². The van der Waals surface area contributed by atoms with Crippen LogP contribution in [0.25, 0.3) is 0 Å². The number of nitrogens with zero attached hydrogens (tertiary/aromatic N) is 1. The fourth-order valence-corrected chi connectivity index (χ4v) is 2.43. The molecule has 2 N–H and O–H groups in total. The Morgan fingerprint density at radius 3 is 2.74 bits per heavy atom. The average molecular weight is 261 g/mol. The van der Waals surface area contributed by atoms with Crippen molar-refractivity contribution in [3.8, 4) is 0 Å². The summed E-state index contributed by atoms with van der Waals surface area (Å²) in [6.07, 6.45) is 4.73. The second kappa shape index (κ2) is 6.45. The van der Waals surface area contributed by atoms with Crippen molar-refractivity contribution in [1.29, 1.82) is 0 Å². The van der Waals surface area contributed by atoms with Crippen LogP contribution in [0, 0.1) is 0 Å². The molecule has 0 atom stereocenters. The maximum Gasteiger partial charge on any atom is 0.239 e. The Bertz CT molecular complexity index is 425. The molecule has 0 spiro atoms. The molecule has 0 radical (unpaired) electrons. The van der Waals surface area contributed by atoms with Gasteiger partial charge in [0.1, 0.15) is 0 Å². The number of benzene rings is 1. The SMILES string of the molecule is CN(C)c1cccc(NCC(=O)NC2CCCC2)c1. The summed E-state index contributed by atoms with van der Waals surface area (Å²) in [5, 5.41) is 6.25. The average Bonchev–Trinajstić information content (AvgIpc) is 2.89. The number of hydrogen-bond acceptors (Lipinski definition) is 3. The van der Waals surface area contributed by atoms with E-state index in [9.17, 15) is 4.79 Å². The van der Waals surface area contributed by atoms with Gasteiger partial charge in [-0.2, -0.15) is 0 Å². The van der Waals surface area contributed by atoms with Crippen LogP contribution in [0.15, 0.2) is 24.3 Å². The molecule has 1 aromatic rings. The fourth-order valence-electron chi connectivity index (χ4n) is 2.43. The predicted octanol–water partition coefficient (Wildman–Crippen LogP) is 2.22. The van der Waals surface area contributed by atoms with Gasteiger partial charge in [-0.15, -0.1) is 0 Å². The van der Waals surface area contributed by atoms with E-state index in [0.717, 1.165) is 24.2 Å². The van der Waals surface area contributed by atoms with E-state index in [-0.39, 0.29) is 5.91 Å². The third kappa shape index (κ3) is 4.16. The van der Waals surface area contributed by atoms with Crippen molar-refractivity contribution < 1.29 is 4.79 Å². The van der Waals surface area contributed by atoms with Gasteiger partial charge in [-0.1, -0.05) is 18.9 Å². The Hall–Kier alpha value is -1.71. The molecule has 19 heavy (non-hydrogen) atoms. The highest BCUT2D eigenvalue weighted by Gasteiger charge is 2.16. The molecule has 0 aliphatic heterocycles. The molecule has 1 aromatic carbocycles. The molecule has 1 aliphatic carbocycles. The molecule has 0 unspecified atom stereocenters. The monoisotopic (exact) mass is 261 g/mol. The van der Waals surface area contributed by atoms with E-state index in [1.165, 1.54) is 12.8 Å². The Labute approximate surface area is 115 Å². The highest BCUT2D eigenvalue weighted by atomic mass is 16.1. The first-order valence-electron chi connectivity index (χ1n) is 6.96. The van der Waals surface area contributed by atoms with E-state index in [1.54, 1.807) is 0 Å². The summed E-state index contributed by atoms with van der Waals surface area (Å²) in [5.74, 6) is 0.0853. The minimum atomic E-state index is 0.0853. The van der Waals surface area contributed by atoms with Crippen molar-refractivity contribution in [2.24, 2.45) is 0 Å². The standard InChI is InChI=1S/C15H23N3O/c1-18(2)14-9-5-8-13(10-14)16-11-15(19)17-12-6-3-4-7-12/h5,8-10,12,16H,3-4,6-7,11H2,1-2H3,(H,17,19). The predicted molar refractivity (Wildman–Crippen MR) is 79.7 cm³/mol. The Morgan fingerprint density at radius 2 is 2.05 bits per heavy atom. The summed E-state index contributed by atoms with van der Waals surface area (Å²) >= 11 is 0. The number of carbonyl (C=O) groups is 1. The number of amides is 1. The number of nitrogens with one attached hydrogen (secondary N) is 2. The van der Waals surface area contributed by atoms with Gasteiger partial charge in [-0.25, -0.2) is 0 Å². The van der Waals surface area contributed by atoms with Gasteiger partial charge in [0.05, 0.1) is 6.54 Å². The molecule has 0 heterocycles. The summed E-state index contributed by atoms with van der Waals surface area (Å²) in [7, 11) is 4.01. The maximum absolute atomic E-state index is 11.8. The zero-order valence-corrected chi connectivity index (χ0v) is 11.8. The molecule has 1 fully saturated rings. The van der Waals surface area contributed by atoms with Crippen LogP contribution in [0.2, 0.25) is 0 Å². The third-order valence-corrected chi connectivity index (χ3v) is 3.54. The van der Waals surface area contributed by atoms with Crippen molar-refractivity contribution in [3.05, 3.63) is 24.3 Å². The number of rotatable bonds is 5. The minimum Gasteiger partial charge on any atom is -0.378 e. The van der Waals surface area contributed by atoms with Crippen LogP contribution >= 0.6 is 0 Å². The highest BCUT2D eigenvalue weighted by Crippen LogP contribution is 2.18. The molecule has 0 bridgehead atoms. The lowest BCUT2D eigenvalue weighted by Gasteiger charge is -2.15. The van der Waals surface area contributed by atoms with Gasteiger partial charge in [0, 0.05) is 31.5 Å². The summed E-state index contributed by atoms with van der Waals surface area (Å²) in [6.45, 7) is 0.341. The Morgan fingerprint density at radius 1 is 1.32 bits per heavy atom. The van der Waals surface area contributed by atoms with E-state index < -0.39 is 0 Å². The molecule has 4 nitrogen and oxygen atoms in total. The second-order valence-electron chi connectivity index (χ2n) is 5.35. The number of carbonyl (C=O) groups excluding carboxylic acids is 1. The molecule has 0 saturated heterocycles. The van der Waals surface area contributed by atoms with Crippen molar-refractivity contribution in [2.45, 2.75) is 31.7 Å². The van der Waals surface area contributed by atoms with Crippen molar-refractivity contribution in [1.82, 2.24) is 5.32 Å². The number of hydrogen-bond donors (Lipinski definition) is 2. The van der Waals surface area contributed by atoms with E-state index in [1.807, 2.05) is 43.3 Å². The summed E-state index contributed by atoms with van der Waals surface area (Å²) in [6, 6.07) is 8.46. The van der Waals surface area contributed by atoms with Crippen molar-refractivity contribution in [3.63, 3.8) is 0 Å². The first kappa shape index (κ1) is 13.7. The van der Waals surface area contributed by atoms with Gasteiger partial charge >= 0.3 is 0 Å². The zero-order chi connectivity index (χ0) is 13.7. The van der Waals surface area contributed by atoms with Crippen LogP contribution in [-0.2, 0) is 4.79 Å². The van der Waals surface area contributed by atoms with E-state index in [0.29, 0.717) is 12.6 Å². The lowest BCUT2D eigenvalue weighted by Crippen LogP contribution is -2.36. The van der Waals surface area contributed by atoms with Gasteiger partial charge < -0.3 is 15.5 Å². The normalized spacial score (nSPS) is 15.3. The van der Waals surface area contributed by atoms with Crippen LogP contribution in [-0.4, -0.2) is 32.6 Å². The van der Waals surface area contributed by atoms with Crippen molar-refractivity contribution in [2.75, 3.05) is 30.9 Å². The van der Waals surface area contributed by atoms with Crippen LogP contribution in [0.1, 0.15) is 25.7 Å². The molecule has 1 amide bonds. The molecule has 104 valence electrons. The molecular weight excluding hydrogens is 238 g/mol. The number of anilines is 2. The van der Waals surface area contributed by atoms with Crippen LogP contribution in [0.3, 0.4) is 0 Å². The minimum absolute atomic E-state index is 0.0853. The molecule has 1 saturated carbocycles. The second-order valence-corrected chi connectivity index (χ2v) is 5.35. The van der Waals surface area contributed by atoms with Gasteiger partial charge in [0.25, 0.3) is 0 Å². The summed E-state index contributed by atoms with van der Waals surface area (Å²) in [5.41, 5.74) is 2.11. The van der Waals surface area contributed by atoms with Gasteiger partial charge in [0.2, 0.25) is 5.91 Å². The first-order chi connectivity index (χ1) is 9.15. The first-order valence-corrected chi connectivity index (χ1v) is 6.96. The third-order valence-electron chi connectivity index (χ3n) is 3.54. The molecule has 2 rings (SSSR count). The van der Waals surface area contributed by atoms with E-state index in [2.05, 4.69) is 10.6 Å². The summed E-state index contributed by atoms with van der Waals surface area (Å²) in [4.78, 5) is 13.9. The van der Waals surface area contributed by atoms with Gasteiger partial charge in [-0.05, 0) is 31.0 Å². The molecule has 0 aromatic heterocycles. The van der Waals surface area contributed by atoms with Gasteiger partial charge in [-0.3, -0.25) is 4.79 Å².